The number of nitrogen functional groups attached to an aromatic ring is 1. The molecule has 1 aliphatic carbocycles. The van der Waals surface area contributed by atoms with Gasteiger partial charge in [-0.05, 0) is 60.7 Å². The van der Waals surface area contributed by atoms with E-state index in [4.69, 9.17) is 5.73 Å². The molecule has 1 saturated carbocycles. The number of rotatable bonds is 3. The molecule has 8 nitrogen and oxygen atoms in total. The van der Waals surface area contributed by atoms with Gasteiger partial charge in [0.2, 0.25) is 5.91 Å². The molecule has 1 aliphatic heterocycles. The number of thiophene rings is 1. The van der Waals surface area contributed by atoms with Gasteiger partial charge < -0.3 is 20.9 Å². The number of piperazine rings is 1. The summed E-state index contributed by atoms with van der Waals surface area (Å²) in [7, 11) is 0. The van der Waals surface area contributed by atoms with Crippen LogP contribution in [-0.2, 0) is 14.4 Å². The minimum Gasteiger partial charge on any atom is -0.383 e. The molecule has 3 heterocycles. The van der Waals surface area contributed by atoms with Gasteiger partial charge in [0.05, 0.1) is 17.9 Å². The van der Waals surface area contributed by atoms with Crippen molar-refractivity contribution in [2.75, 3.05) is 24.1 Å². The zero-order chi connectivity index (χ0) is 22.3. The third-order valence-corrected chi connectivity index (χ3v) is 6.98. The van der Waals surface area contributed by atoms with Gasteiger partial charge in [-0.2, -0.15) is 11.3 Å². The van der Waals surface area contributed by atoms with Crippen molar-refractivity contribution in [2.24, 2.45) is 5.41 Å². The maximum atomic E-state index is 13.2. The van der Waals surface area contributed by atoms with E-state index in [0.29, 0.717) is 24.6 Å². The van der Waals surface area contributed by atoms with E-state index in [0.717, 1.165) is 24.0 Å². The molecule has 2 aliphatic rings. The van der Waals surface area contributed by atoms with E-state index in [1.54, 1.807) is 17.9 Å². The number of carbonyl (C=O) groups excluding carboxylic acids is 3. The van der Waals surface area contributed by atoms with Gasteiger partial charge in [-0.25, -0.2) is 4.98 Å². The Morgan fingerprint density at radius 2 is 2.00 bits per heavy atom. The molecule has 31 heavy (non-hydrogen) atoms. The van der Waals surface area contributed by atoms with Crippen molar-refractivity contribution >= 4 is 40.6 Å². The van der Waals surface area contributed by atoms with Crippen molar-refractivity contribution in [2.45, 2.75) is 45.7 Å². The Morgan fingerprint density at radius 1 is 1.26 bits per heavy atom. The van der Waals surface area contributed by atoms with Crippen LogP contribution < -0.4 is 11.1 Å². The predicted octanol–water partition coefficient (Wildman–Crippen LogP) is 2.57. The van der Waals surface area contributed by atoms with E-state index in [-0.39, 0.29) is 23.4 Å². The Kier molecular flexibility index (Phi) is 5.47. The van der Waals surface area contributed by atoms with Gasteiger partial charge in [0.25, 0.3) is 0 Å². The Hall–Kier alpha value is -2.94. The number of nitrogens with zero attached hydrogens (tertiary/aromatic N) is 3. The number of aromatic nitrogens is 1. The third-order valence-electron chi connectivity index (χ3n) is 6.28. The van der Waals surface area contributed by atoms with Gasteiger partial charge in [0, 0.05) is 24.5 Å². The highest BCUT2D eigenvalue weighted by atomic mass is 32.1. The predicted molar refractivity (Wildman–Crippen MR) is 119 cm³/mol. The molecule has 2 fully saturated rings. The van der Waals surface area contributed by atoms with Crippen molar-refractivity contribution < 1.29 is 14.4 Å². The summed E-state index contributed by atoms with van der Waals surface area (Å²) >= 11 is 1.53. The first-order valence-corrected chi connectivity index (χ1v) is 11.3. The van der Waals surface area contributed by atoms with Gasteiger partial charge in [-0.1, -0.05) is 6.92 Å². The molecular weight excluding hydrogens is 414 g/mol. The molecule has 2 aromatic heterocycles. The number of carbonyl (C=O) groups is 3. The van der Waals surface area contributed by atoms with Crippen molar-refractivity contribution in [1.82, 2.24) is 14.8 Å². The number of amides is 3. The van der Waals surface area contributed by atoms with E-state index in [1.807, 2.05) is 35.6 Å². The smallest absolute Gasteiger partial charge is 0.313 e. The molecule has 0 unspecified atom stereocenters. The van der Waals surface area contributed by atoms with Gasteiger partial charge in [0.1, 0.15) is 5.82 Å². The van der Waals surface area contributed by atoms with Crippen molar-refractivity contribution in [1.29, 1.82) is 0 Å². The fourth-order valence-corrected chi connectivity index (χ4v) is 4.66. The highest BCUT2D eigenvalue weighted by Gasteiger charge is 2.50. The first-order chi connectivity index (χ1) is 14.7. The van der Waals surface area contributed by atoms with Crippen LogP contribution in [0.4, 0.5) is 11.5 Å². The molecule has 2 atom stereocenters. The standard InChI is InChI=1S/C22H27N5O3S/c1-13-8-16(9-24-18(13)23)25-19(28)20(29)27-10-14(2)26(21(30)22(3)5-6-22)11-17(27)15-4-7-31-12-15/h4,7-9,12,14,17H,5-6,10-11H2,1-3H3,(H2,23,24)(H,25,28)/t14-,17-/m1/s1. The van der Waals surface area contributed by atoms with Gasteiger partial charge in [0.15, 0.2) is 0 Å². The fourth-order valence-electron chi connectivity index (χ4n) is 3.95. The van der Waals surface area contributed by atoms with Gasteiger partial charge in [-0.3, -0.25) is 14.4 Å². The highest BCUT2D eigenvalue weighted by molar-refractivity contribution is 7.08. The van der Waals surface area contributed by atoms with Crippen LogP contribution >= 0.6 is 11.3 Å². The molecule has 0 radical (unpaired) electrons. The zero-order valence-corrected chi connectivity index (χ0v) is 18.7. The lowest BCUT2D eigenvalue weighted by Crippen LogP contribution is -2.59. The van der Waals surface area contributed by atoms with Gasteiger partial charge in [-0.15, -0.1) is 0 Å². The van der Waals surface area contributed by atoms with Crippen LogP contribution in [0.2, 0.25) is 0 Å². The quantitative estimate of drug-likeness (QED) is 0.712. The Balaban J connectivity index is 1.55. The first-order valence-electron chi connectivity index (χ1n) is 10.4. The molecule has 2 aromatic rings. The van der Waals surface area contributed by atoms with Crippen LogP contribution in [0, 0.1) is 12.3 Å². The first kappa shape index (κ1) is 21.3. The lowest BCUT2D eigenvalue weighted by molar-refractivity contribution is -0.153. The number of hydrogen-bond donors (Lipinski definition) is 2. The van der Waals surface area contributed by atoms with E-state index in [1.165, 1.54) is 17.5 Å². The number of nitrogens with two attached hydrogens (primary N) is 1. The largest absolute Gasteiger partial charge is 0.383 e. The van der Waals surface area contributed by atoms with Crippen LogP contribution in [0.3, 0.4) is 0 Å². The molecule has 0 spiro atoms. The molecule has 1 saturated heterocycles. The summed E-state index contributed by atoms with van der Waals surface area (Å²) in [5, 5.41) is 6.53. The maximum Gasteiger partial charge on any atom is 0.313 e. The molecule has 0 bridgehead atoms. The lowest BCUT2D eigenvalue weighted by Gasteiger charge is -2.45. The third kappa shape index (κ3) is 4.14. The maximum absolute atomic E-state index is 13.2. The molecule has 4 rings (SSSR count). The second-order valence-corrected chi connectivity index (χ2v) is 9.56. The van der Waals surface area contributed by atoms with E-state index in [9.17, 15) is 14.4 Å². The summed E-state index contributed by atoms with van der Waals surface area (Å²) in [5.41, 5.74) is 7.51. The fraction of sp³-hybridized carbons (Fsp3) is 0.455. The minimum absolute atomic E-state index is 0.139. The average molecular weight is 442 g/mol. The number of pyridine rings is 1. The summed E-state index contributed by atoms with van der Waals surface area (Å²) in [6.07, 6.45) is 3.23. The van der Waals surface area contributed by atoms with E-state index in [2.05, 4.69) is 10.3 Å². The number of anilines is 2. The Bertz CT molecular complexity index is 1020. The minimum atomic E-state index is -0.729. The normalized spacial score (nSPS) is 22.2. The second-order valence-electron chi connectivity index (χ2n) is 8.78. The topological polar surface area (TPSA) is 109 Å². The number of nitrogens with one attached hydrogen (secondary N) is 1. The lowest BCUT2D eigenvalue weighted by atomic mass is 9.98. The second kappa shape index (κ2) is 7.96. The van der Waals surface area contributed by atoms with Crippen molar-refractivity contribution in [3.63, 3.8) is 0 Å². The van der Waals surface area contributed by atoms with Crippen LogP contribution in [0.1, 0.15) is 43.9 Å². The molecule has 164 valence electrons. The van der Waals surface area contributed by atoms with Crippen LogP contribution in [-0.4, -0.2) is 51.6 Å². The van der Waals surface area contributed by atoms with Gasteiger partial charge >= 0.3 is 11.8 Å². The molecule has 3 amide bonds. The molecule has 3 N–H and O–H groups in total. The van der Waals surface area contributed by atoms with Crippen LogP contribution in [0.25, 0.3) is 0 Å². The number of aryl methyl sites for hydroxylation is 1. The van der Waals surface area contributed by atoms with Crippen molar-refractivity contribution in [3.05, 3.63) is 40.2 Å². The summed E-state index contributed by atoms with van der Waals surface area (Å²) in [4.78, 5) is 46.5. The van der Waals surface area contributed by atoms with Crippen molar-refractivity contribution in [3.8, 4) is 0 Å². The summed E-state index contributed by atoms with van der Waals surface area (Å²) in [5.74, 6) is -0.837. The average Bonchev–Trinajstić information content (AvgIpc) is 3.26. The summed E-state index contributed by atoms with van der Waals surface area (Å²) in [6, 6.07) is 3.09. The summed E-state index contributed by atoms with van der Waals surface area (Å²) < 4.78 is 0. The van der Waals surface area contributed by atoms with E-state index < -0.39 is 11.8 Å². The molecule has 0 aromatic carbocycles. The SMILES string of the molecule is Cc1cc(NC(=O)C(=O)N2C[C@@H](C)N(C(=O)C3(C)CC3)C[C@@H]2c2ccsc2)cnc1N. The van der Waals surface area contributed by atoms with E-state index >= 15 is 0 Å². The number of hydrogen-bond acceptors (Lipinski definition) is 6. The van der Waals surface area contributed by atoms with Crippen LogP contribution in [0.15, 0.2) is 29.1 Å². The monoisotopic (exact) mass is 441 g/mol. The zero-order valence-electron chi connectivity index (χ0n) is 17.9. The Morgan fingerprint density at radius 3 is 2.61 bits per heavy atom. The molecular formula is C22H27N5O3S. The summed E-state index contributed by atoms with van der Waals surface area (Å²) in [6.45, 7) is 6.39. The Labute approximate surface area is 185 Å². The molecule has 9 heteroatoms. The van der Waals surface area contributed by atoms with Crippen LogP contribution in [0.5, 0.6) is 0 Å². The highest BCUT2D eigenvalue weighted by Crippen LogP contribution is 2.47.